The summed E-state index contributed by atoms with van der Waals surface area (Å²) in [6, 6.07) is 5.31. The summed E-state index contributed by atoms with van der Waals surface area (Å²) in [5.74, 6) is 2.06. The number of carbonyl (C=O) groups excluding carboxylic acids is 2. The Morgan fingerprint density at radius 2 is 1.77 bits per heavy atom. The predicted molar refractivity (Wildman–Crippen MR) is 117 cm³/mol. The van der Waals surface area contributed by atoms with Crippen LogP contribution < -0.4 is 20.1 Å². The number of amides is 2. The van der Waals surface area contributed by atoms with Crippen LogP contribution in [0, 0.1) is 11.8 Å². The smallest absolute Gasteiger partial charge is 0.238 e. The Morgan fingerprint density at radius 3 is 2.43 bits per heavy atom. The lowest BCUT2D eigenvalue weighted by Gasteiger charge is -2.31. The molecule has 1 aliphatic carbocycles. The van der Waals surface area contributed by atoms with E-state index in [0.29, 0.717) is 29.6 Å². The quantitative estimate of drug-likeness (QED) is 0.680. The lowest BCUT2D eigenvalue weighted by atomic mass is 9.89. The number of hydrogen-bond donors (Lipinski definition) is 2. The molecule has 7 heteroatoms. The van der Waals surface area contributed by atoms with Gasteiger partial charge in [0.25, 0.3) is 0 Å². The first kappa shape index (κ1) is 22.4. The van der Waals surface area contributed by atoms with Gasteiger partial charge in [0.2, 0.25) is 11.8 Å². The average Bonchev–Trinajstić information content (AvgIpc) is 2.79. The van der Waals surface area contributed by atoms with Crippen molar-refractivity contribution in [3.05, 3.63) is 18.2 Å². The Labute approximate surface area is 179 Å². The third kappa shape index (κ3) is 6.36. The summed E-state index contributed by atoms with van der Waals surface area (Å²) in [5, 5.41) is 6.08. The van der Waals surface area contributed by atoms with Crippen molar-refractivity contribution in [3.63, 3.8) is 0 Å². The summed E-state index contributed by atoms with van der Waals surface area (Å²) in [6.07, 6.45) is 8.01. The maximum Gasteiger partial charge on any atom is 0.238 e. The van der Waals surface area contributed by atoms with Crippen molar-refractivity contribution in [1.29, 1.82) is 0 Å². The molecule has 7 nitrogen and oxygen atoms in total. The first-order valence-electron chi connectivity index (χ1n) is 11.1. The van der Waals surface area contributed by atoms with Crippen molar-refractivity contribution in [2.75, 3.05) is 45.7 Å². The molecule has 1 heterocycles. The number of ether oxygens (including phenoxy) is 2. The number of piperidine rings is 1. The van der Waals surface area contributed by atoms with Crippen molar-refractivity contribution in [1.82, 2.24) is 10.2 Å². The van der Waals surface area contributed by atoms with Gasteiger partial charge in [0, 0.05) is 18.5 Å². The predicted octanol–water partition coefficient (Wildman–Crippen LogP) is 3.05. The fourth-order valence-electron chi connectivity index (χ4n) is 4.43. The van der Waals surface area contributed by atoms with Gasteiger partial charge < -0.3 is 20.1 Å². The highest BCUT2D eigenvalue weighted by Crippen LogP contribution is 2.29. The Hall–Kier alpha value is -2.28. The average molecular weight is 418 g/mol. The maximum absolute atomic E-state index is 12.5. The number of anilines is 1. The minimum absolute atomic E-state index is 0.0644. The highest BCUT2D eigenvalue weighted by atomic mass is 16.5. The molecule has 0 radical (unpaired) electrons. The largest absolute Gasteiger partial charge is 0.497 e. The second kappa shape index (κ2) is 11.2. The summed E-state index contributed by atoms with van der Waals surface area (Å²) in [4.78, 5) is 27.1. The SMILES string of the molecule is COc1ccc(NC(=O)CN2CCC(C(=O)NCC3CCCCC3)CC2)c(OC)c1. The van der Waals surface area contributed by atoms with E-state index in [1.54, 1.807) is 32.4 Å². The number of hydrogen-bond acceptors (Lipinski definition) is 5. The van der Waals surface area contributed by atoms with Crippen LogP contribution in [0.4, 0.5) is 5.69 Å². The van der Waals surface area contributed by atoms with Crippen LogP contribution in [0.25, 0.3) is 0 Å². The maximum atomic E-state index is 12.5. The summed E-state index contributed by atoms with van der Waals surface area (Å²) >= 11 is 0. The number of nitrogens with one attached hydrogen (secondary N) is 2. The van der Waals surface area contributed by atoms with E-state index >= 15 is 0 Å². The van der Waals surface area contributed by atoms with E-state index in [2.05, 4.69) is 15.5 Å². The van der Waals surface area contributed by atoms with Gasteiger partial charge in [-0.05, 0) is 56.8 Å². The van der Waals surface area contributed by atoms with Crippen LogP contribution in [-0.4, -0.2) is 57.1 Å². The van der Waals surface area contributed by atoms with E-state index in [1.165, 1.54) is 32.1 Å². The molecule has 166 valence electrons. The molecule has 1 aliphatic heterocycles. The van der Waals surface area contributed by atoms with E-state index in [4.69, 9.17) is 9.47 Å². The molecule has 0 bridgehead atoms. The molecule has 2 amide bonds. The van der Waals surface area contributed by atoms with Gasteiger partial charge in [-0.2, -0.15) is 0 Å². The summed E-state index contributed by atoms with van der Waals surface area (Å²) in [5.41, 5.74) is 0.625. The molecule has 1 aromatic carbocycles. The van der Waals surface area contributed by atoms with Gasteiger partial charge >= 0.3 is 0 Å². The highest BCUT2D eigenvalue weighted by molar-refractivity contribution is 5.93. The molecular weight excluding hydrogens is 382 g/mol. The molecule has 0 atom stereocenters. The summed E-state index contributed by atoms with van der Waals surface area (Å²) in [7, 11) is 3.15. The van der Waals surface area contributed by atoms with E-state index in [9.17, 15) is 9.59 Å². The standard InChI is InChI=1S/C23H35N3O4/c1-29-19-8-9-20(21(14-19)30-2)25-22(27)16-26-12-10-18(11-13-26)23(28)24-15-17-6-4-3-5-7-17/h8-9,14,17-18H,3-7,10-13,15-16H2,1-2H3,(H,24,28)(H,25,27). The van der Waals surface area contributed by atoms with Gasteiger partial charge in [0.05, 0.1) is 26.5 Å². The van der Waals surface area contributed by atoms with Crippen molar-refractivity contribution in [3.8, 4) is 11.5 Å². The monoisotopic (exact) mass is 417 g/mol. The normalized spacial score (nSPS) is 18.6. The second-order valence-electron chi connectivity index (χ2n) is 8.41. The molecule has 0 spiro atoms. The Bertz CT molecular complexity index is 710. The van der Waals surface area contributed by atoms with E-state index < -0.39 is 0 Å². The highest BCUT2D eigenvalue weighted by Gasteiger charge is 2.26. The summed E-state index contributed by atoms with van der Waals surface area (Å²) in [6.45, 7) is 2.65. The van der Waals surface area contributed by atoms with Gasteiger partial charge in [0.15, 0.2) is 0 Å². The molecule has 2 N–H and O–H groups in total. The van der Waals surface area contributed by atoms with Crippen LogP contribution in [0.3, 0.4) is 0 Å². The van der Waals surface area contributed by atoms with Gasteiger partial charge in [-0.3, -0.25) is 14.5 Å². The molecule has 30 heavy (non-hydrogen) atoms. The molecule has 1 saturated heterocycles. The number of rotatable bonds is 8. The van der Waals surface area contributed by atoms with Gasteiger partial charge in [0.1, 0.15) is 11.5 Å². The first-order chi connectivity index (χ1) is 14.6. The minimum Gasteiger partial charge on any atom is -0.497 e. The third-order valence-corrected chi connectivity index (χ3v) is 6.30. The van der Waals surface area contributed by atoms with E-state index in [1.807, 2.05) is 0 Å². The van der Waals surface area contributed by atoms with Crippen molar-refractivity contribution >= 4 is 17.5 Å². The first-order valence-corrected chi connectivity index (χ1v) is 11.1. The minimum atomic E-state index is -0.0846. The number of likely N-dealkylation sites (tertiary alicyclic amines) is 1. The molecule has 2 fully saturated rings. The van der Waals surface area contributed by atoms with Crippen molar-refractivity contribution in [2.45, 2.75) is 44.9 Å². The van der Waals surface area contributed by atoms with Crippen molar-refractivity contribution in [2.24, 2.45) is 11.8 Å². The fraction of sp³-hybridized carbons (Fsp3) is 0.652. The Morgan fingerprint density at radius 1 is 1.03 bits per heavy atom. The van der Waals surface area contributed by atoms with Gasteiger partial charge in [-0.25, -0.2) is 0 Å². The van der Waals surface area contributed by atoms with Crippen LogP contribution >= 0.6 is 0 Å². The van der Waals surface area contributed by atoms with Crippen LogP contribution in [0.15, 0.2) is 18.2 Å². The number of nitrogens with zero attached hydrogens (tertiary/aromatic N) is 1. The molecule has 3 rings (SSSR count). The van der Waals surface area contributed by atoms with Crippen LogP contribution in [-0.2, 0) is 9.59 Å². The number of carbonyl (C=O) groups is 2. The second-order valence-corrected chi connectivity index (χ2v) is 8.41. The molecule has 0 aromatic heterocycles. The molecular formula is C23H35N3O4. The topological polar surface area (TPSA) is 79.9 Å². The van der Waals surface area contributed by atoms with E-state index in [0.717, 1.165) is 32.5 Å². The Balaban J connectivity index is 1.39. The lowest BCUT2D eigenvalue weighted by molar-refractivity contribution is -0.126. The number of methoxy groups -OCH3 is 2. The third-order valence-electron chi connectivity index (χ3n) is 6.30. The van der Waals surface area contributed by atoms with Gasteiger partial charge in [-0.1, -0.05) is 19.3 Å². The number of benzene rings is 1. The fourth-order valence-corrected chi connectivity index (χ4v) is 4.43. The molecule has 0 unspecified atom stereocenters. The van der Waals surface area contributed by atoms with Crippen LogP contribution in [0.5, 0.6) is 11.5 Å². The zero-order chi connectivity index (χ0) is 21.3. The van der Waals surface area contributed by atoms with Crippen LogP contribution in [0.2, 0.25) is 0 Å². The van der Waals surface area contributed by atoms with Crippen molar-refractivity contribution < 1.29 is 19.1 Å². The van der Waals surface area contributed by atoms with Crippen LogP contribution in [0.1, 0.15) is 44.9 Å². The molecule has 1 saturated carbocycles. The molecule has 2 aliphatic rings. The lowest BCUT2D eigenvalue weighted by Crippen LogP contribution is -2.44. The Kier molecular flexibility index (Phi) is 8.37. The van der Waals surface area contributed by atoms with Gasteiger partial charge in [-0.15, -0.1) is 0 Å². The molecule has 1 aromatic rings. The summed E-state index contributed by atoms with van der Waals surface area (Å²) < 4.78 is 10.5. The zero-order valence-electron chi connectivity index (χ0n) is 18.2. The zero-order valence-corrected chi connectivity index (χ0v) is 18.2. The van der Waals surface area contributed by atoms with E-state index in [-0.39, 0.29) is 17.7 Å².